The van der Waals surface area contributed by atoms with Crippen LogP contribution < -0.4 is 10.2 Å². The van der Waals surface area contributed by atoms with E-state index in [1.165, 1.54) is 6.07 Å². The highest BCUT2D eigenvalue weighted by molar-refractivity contribution is 5.95. The van der Waals surface area contributed by atoms with Crippen LogP contribution >= 0.6 is 0 Å². The smallest absolute Gasteiger partial charge is 0.251 e. The number of carbonyl (C=O) groups excluding carboxylic acids is 1. The molecule has 4 nitrogen and oxygen atoms in total. The van der Waals surface area contributed by atoms with E-state index in [9.17, 15) is 9.18 Å². The average Bonchev–Trinajstić information content (AvgIpc) is 2.63. The van der Waals surface area contributed by atoms with Crippen molar-refractivity contribution in [2.75, 3.05) is 44.2 Å². The largest absolute Gasteiger partial charge is 0.367 e. The van der Waals surface area contributed by atoms with E-state index in [0.29, 0.717) is 12.2 Å². The van der Waals surface area contributed by atoms with Crippen LogP contribution in [-0.4, -0.2) is 50.1 Å². The third kappa shape index (κ3) is 4.41. The van der Waals surface area contributed by atoms with Gasteiger partial charge in [0.1, 0.15) is 5.82 Å². The third-order valence-electron chi connectivity index (χ3n) is 4.91. The van der Waals surface area contributed by atoms with Crippen molar-refractivity contribution < 1.29 is 9.18 Å². The fraction of sp³-hybridized carbons (Fsp3) is 0.381. The summed E-state index contributed by atoms with van der Waals surface area (Å²) in [5, 5.41) is 3.00. The Balaban J connectivity index is 1.44. The lowest BCUT2D eigenvalue weighted by atomic mass is 10.1. The molecule has 138 valence electrons. The molecule has 2 aromatic rings. The van der Waals surface area contributed by atoms with Crippen LogP contribution in [0.3, 0.4) is 0 Å². The first-order valence-corrected chi connectivity index (χ1v) is 9.12. The van der Waals surface area contributed by atoms with E-state index in [1.54, 1.807) is 6.07 Å². The second-order valence-electron chi connectivity index (χ2n) is 6.85. The molecular formula is C21H26FN3O. The lowest BCUT2D eigenvalue weighted by molar-refractivity contribution is 0.0947. The Labute approximate surface area is 154 Å². The Kier molecular flexibility index (Phi) is 5.89. The van der Waals surface area contributed by atoms with E-state index in [0.717, 1.165) is 49.4 Å². The van der Waals surface area contributed by atoms with Crippen molar-refractivity contribution in [3.63, 3.8) is 0 Å². The van der Waals surface area contributed by atoms with Gasteiger partial charge in [-0.1, -0.05) is 29.8 Å². The summed E-state index contributed by atoms with van der Waals surface area (Å²) in [7, 11) is 0. The maximum Gasteiger partial charge on any atom is 0.251 e. The van der Waals surface area contributed by atoms with E-state index in [2.05, 4.69) is 15.1 Å². The van der Waals surface area contributed by atoms with Crippen molar-refractivity contribution in [3.8, 4) is 0 Å². The van der Waals surface area contributed by atoms with Gasteiger partial charge in [0.2, 0.25) is 0 Å². The summed E-state index contributed by atoms with van der Waals surface area (Å²) in [5.74, 6) is -0.186. The van der Waals surface area contributed by atoms with Crippen molar-refractivity contribution in [2.45, 2.75) is 13.8 Å². The van der Waals surface area contributed by atoms with Gasteiger partial charge in [-0.05, 0) is 37.6 Å². The number of carbonyl (C=O) groups is 1. The summed E-state index contributed by atoms with van der Waals surface area (Å²) in [6.07, 6.45) is 0. The fourth-order valence-electron chi connectivity index (χ4n) is 3.41. The first-order valence-electron chi connectivity index (χ1n) is 9.12. The molecule has 0 atom stereocenters. The minimum absolute atomic E-state index is 0.0208. The SMILES string of the molecule is Cc1ccc(C(=O)NCCN2CCN(c3ccccc3F)CC2)c(C)c1. The van der Waals surface area contributed by atoms with Crippen LogP contribution in [0.5, 0.6) is 0 Å². The number of nitrogens with one attached hydrogen (secondary N) is 1. The van der Waals surface area contributed by atoms with Gasteiger partial charge in [0, 0.05) is 44.8 Å². The van der Waals surface area contributed by atoms with Gasteiger partial charge in [0.05, 0.1) is 5.69 Å². The molecule has 0 aromatic heterocycles. The number of amides is 1. The van der Waals surface area contributed by atoms with Gasteiger partial charge in [0.15, 0.2) is 0 Å². The Hall–Kier alpha value is -2.40. The van der Waals surface area contributed by atoms with E-state index < -0.39 is 0 Å². The normalized spacial score (nSPS) is 15.1. The fourth-order valence-corrected chi connectivity index (χ4v) is 3.41. The number of aryl methyl sites for hydroxylation is 2. The van der Waals surface area contributed by atoms with Gasteiger partial charge in [-0.15, -0.1) is 0 Å². The molecule has 0 aliphatic carbocycles. The zero-order chi connectivity index (χ0) is 18.5. The van der Waals surface area contributed by atoms with Gasteiger partial charge in [-0.2, -0.15) is 0 Å². The quantitative estimate of drug-likeness (QED) is 0.896. The van der Waals surface area contributed by atoms with E-state index in [4.69, 9.17) is 0 Å². The van der Waals surface area contributed by atoms with Crippen LogP contribution in [0.4, 0.5) is 10.1 Å². The molecule has 3 rings (SSSR count). The number of hydrogen-bond acceptors (Lipinski definition) is 3. The maximum atomic E-state index is 13.9. The second kappa shape index (κ2) is 8.32. The summed E-state index contributed by atoms with van der Waals surface area (Å²) in [6, 6.07) is 12.8. The van der Waals surface area contributed by atoms with Gasteiger partial charge in [-0.3, -0.25) is 9.69 Å². The van der Waals surface area contributed by atoms with Crippen LogP contribution in [0.15, 0.2) is 42.5 Å². The summed E-state index contributed by atoms with van der Waals surface area (Å²) in [5.41, 5.74) is 3.57. The highest BCUT2D eigenvalue weighted by Gasteiger charge is 2.19. The zero-order valence-corrected chi connectivity index (χ0v) is 15.5. The summed E-state index contributed by atoms with van der Waals surface area (Å²) in [6.45, 7) is 8.74. The van der Waals surface area contributed by atoms with Gasteiger partial charge in [-0.25, -0.2) is 4.39 Å². The first-order chi connectivity index (χ1) is 12.5. The summed E-state index contributed by atoms with van der Waals surface area (Å²) < 4.78 is 13.9. The van der Waals surface area contributed by atoms with Crippen molar-refractivity contribution in [2.24, 2.45) is 0 Å². The van der Waals surface area contributed by atoms with E-state index in [1.807, 2.05) is 44.2 Å². The molecule has 1 fully saturated rings. The molecule has 1 saturated heterocycles. The monoisotopic (exact) mass is 355 g/mol. The number of para-hydroxylation sites is 1. The highest BCUT2D eigenvalue weighted by atomic mass is 19.1. The molecular weight excluding hydrogens is 329 g/mol. The van der Waals surface area contributed by atoms with Crippen molar-refractivity contribution in [3.05, 3.63) is 65.0 Å². The Bertz CT molecular complexity index is 770. The van der Waals surface area contributed by atoms with Crippen molar-refractivity contribution in [1.82, 2.24) is 10.2 Å². The topological polar surface area (TPSA) is 35.6 Å². The minimum Gasteiger partial charge on any atom is -0.367 e. The van der Waals surface area contributed by atoms with Crippen LogP contribution in [0.25, 0.3) is 0 Å². The van der Waals surface area contributed by atoms with Gasteiger partial charge >= 0.3 is 0 Å². The number of hydrogen-bond donors (Lipinski definition) is 1. The van der Waals surface area contributed by atoms with Crippen molar-refractivity contribution >= 4 is 11.6 Å². The summed E-state index contributed by atoms with van der Waals surface area (Å²) in [4.78, 5) is 16.7. The lowest BCUT2D eigenvalue weighted by Crippen LogP contribution is -2.48. The molecule has 0 saturated carbocycles. The standard InChI is InChI=1S/C21H26FN3O/c1-16-7-8-18(17(2)15-16)21(26)23-9-10-24-11-13-25(14-12-24)20-6-4-3-5-19(20)22/h3-8,15H,9-14H2,1-2H3,(H,23,26). The molecule has 0 radical (unpaired) electrons. The second-order valence-corrected chi connectivity index (χ2v) is 6.85. The first kappa shape index (κ1) is 18.4. The number of piperazine rings is 1. The van der Waals surface area contributed by atoms with Crippen LogP contribution in [-0.2, 0) is 0 Å². The predicted molar refractivity (Wildman–Crippen MR) is 103 cm³/mol. The van der Waals surface area contributed by atoms with Gasteiger partial charge in [0.25, 0.3) is 5.91 Å². The number of benzene rings is 2. The van der Waals surface area contributed by atoms with Crippen LogP contribution in [0, 0.1) is 19.7 Å². The average molecular weight is 355 g/mol. The third-order valence-corrected chi connectivity index (χ3v) is 4.91. The van der Waals surface area contributed by atoms with Crippen LogP contribution in [0.1, 0.15) is 21.5 Å². The molecule has 1 amide bonds. The van der Waals surface area contributed by atoms with E-state index in [-0.39, 0.29) is 11.7 Å². The molecule has 0 unspecified atom stereocenters. The molecule has 0 bridgehead atoms. The molecule has 5 heteroatoms. The molecule has 1 aliphatic rings. The molecule has 1 heterocycles. The predicted octanol–water partition coefficient (Wildman–Crippen LogP) is 2.99. The van der Waals surface area contributed by atoms with Crippen molar-refractivity contribution in [1.29, 1.82) is 0 Å². The van der Waals surface area contributed by atoms with Gasteiger partial charge < -0.3 is 10.2 Å². The number of nitrogens with zero attached hydrogens (tertiary/aromatic N) is 2. The Morgan fingerprint density at radius 2 is 1.81 bits per heavy atom. The number of rotatable bonds is 5. The molecule has 1 aliphatic heterocycles. The maximum absolute atomic E-state index is 13.9. The highest BCUT2D eigenvalue weighted by Crippen LogP contribution is 2.20. The molecule has 2 aromatic carbocycles. The van der Waals surface area contributed by atoms with Crippen LogP contribution in [0.2, 0.25) is 0 Å². The summed E-state index contributed by atoms with van der Waals surface area (Å²) >= 11 is 0. The Morgan fingerprint density at radius 3 is 2.50 bits per heavy atom. The minimum atomic E-state index is -0.165. The zero-order valence-electron chi connectivity index (χ0n) is 15.5. The van der Waals surface area contributed by atoms with E-state index >= 15 is 0 Å². The molecule has 0 spiro atoms. The lowest BCUT2D eigenvalue weighted by Gasteiger charge is -2.36. The molecule has 26 heavy (non-hydrogen) atoms. The molecule has 1 N–H and O–H groups in total. The Morgan fingerprint density at radius 1 is 1.08 bits per heavy atom. The number of halogens is 1. The number of anilines is 1.